The fourth-order valence-electron chi connectivity index (χ4n) is 8.78. The van der Waals surface area contributed by atoms with E-state index in [0.29, 0.717) is 13.0 Å². The van der Waals surface area contributed by atoms with Crippen molar-refractivity contribution in [1.82, 2.24) is 0 Å². The number of ether oxygens (including phenoxy) is 6. The lowest BCUT2D eigenvalue weighted by atomic mass is 9.98. The molecular formula is C67H108O14. The van der Waals surface area contributed by atoms with Crippen LogP contribution in [0, 0.1) is 0 Å². The normalized spacial score (nSPS) is 24.7. The molecule has 0 aliphatic carbocycles. The molecule has 2 aliphatic rings. The minimum Gasteiger partial charge on any atom is -0.457 e. The highest BCUT2D eigenvalue weighted by molar-refractivity contribution is 5.69. The van der Waals surface area contributed by atoms with Gasteiger partial charge in [0.25, 0.3) is 0 Å². The Labute approximate surface area is 488 Å². The van der Waals surface area contributed by atoms with Crippen LogP contribution in [-0.2, 0) is 33.2 Å². The third kappa shape index (κ3) is 37.9. The fourth-order valence-corrected chi connectivity index (χ4v) is 8.78. The molecular weight excluding hydrogens is 1030 g/mol. The van der Waals surface area contributed by atoms with Gasteiger partial charge in [-0.2, -0.15) is 0 Å². The van der Waals surface area contributed by atoms with Gasteiger partial charge in [-0.05, 0) is 109 Å². The number of carbonyl (C=O) groups excluding carboxylic acids is 1. The molecule has 14 nitrogen and oxygen atoms in total. The SMILES string of the molecule is CC/C=C\C/C=C\C/C=C\C/C=C\C/C=C\C/C=C\CCCCCCCCC(=O)OC(COCCCCCCCC/C=C\C/C=C\C/C=C\C/C=C\C/C=C\CC)COC1OC(COC2OC(CO)C(O)C(O)C2O)C(O)C(O)C1O. The Bertz CT molecular complexity index is 1850. The van der Waals surface area contributed by atoms with Gasteiger partial charge in [0.05, 0.1) is 26.4 Å². The molecule has 2 rings (SSSR count). The van der Waals surface area contributed by atoms with E-state index in [1.165, 1.54) is 0 Å². The molecule has 0 aromatic rings. The van der Waals surface area contributed by atoms with Crippen LogP contribution in [0.3, 0.4) is 0 Å². The Morgan fingerprint density at radius 1 is 0.407 bits per heavy atom. The average Bonchev–Trinajstić information content (AvgIpc) is 3.46. The van der Waals surface area contributed by atoms with Crippen molar-refractivity contribution in [1.29, 1.82) is 0 Å². The zero-order valence-electron chi connectivity index (χ0n) is 49.5. The number of aliphatic hydroxyl groups excluding tert-OH is 7. The topological polar surface area (TPSA) is 214 Å². The second-order valence-corrected chi connectivity index (χ2v) is 20.8. The molecule has 81 heavy (non-hydrogen) atoms. The molecule has 2 saturated heterocycles. The summed E-state index contributed by atoms with van der Waals surface area (Å²) in [6, 6.07) is 0. The zero-order chi connectivity index (χ0) is 58.6. The summed E-state index contributed by atoms with van der Waals surface area (Å²) in [5, 5.41) is 72.5. The van der Waals surface area contributed by atoms with Crippen LogP contribution in [0.15, 0.2) is 134 Å². The Hall–Kier alpha value is -3.87. The number of aliphatic hydroxyl groups is 7. The second-order valence-electron chi connectivity index (χ2n) is 20.8. The van der Waals surface area contributed by atoms with E-state index in [1.807, 2.05) is 0 Å². The van der Waals surface area contributed by atoms with Crippen molar-refractivity contribution in [2.45, 2.75) is 248 Å². The molecule has 0 aromatic carbocycles. The lowest BCUT2D eigenvalue weighted by Crippen LogP contribution is -2.61. The number of carbonyl (C=O) groups is 1. The van der Waals surface area contributed by atoms with Crippen LogP contribution in [-0.4, -0.2) is 142 Å². The van der Waals surface area contributed by atoms with Gasteiger partial charge in [0, 0.05) is 13.0 Å². The summed E-state index contributed by atoms with van der Waals surface area (Å²) in [6.45, 7) is 3.38. The number of esters is 1. The second kappa shape index (κ2) is 51.7. The van der Waals surface area contributed by atoms with Crippen molar-refractivity contribution in [3.63, 3.8) is 0 Å². The molecule has 2 aliphatic heterocycles. The van der Waals surface area contributed by atoms with Crippen molar-refractivity contribution < 1.29 is 69.0 Å². The Morgan fingerprint density at radius 3 is 1.20 bits per heavy atom. The highest BCUT2D eigenvalue weighted by Gasteiger charge is 2.47. The van der Waals surface area contributed by atoms with Crippen LogP contribution in [0.5, 0.6) is 0 Å². The lowest BCUT2D eigenvalue weighted by molar-refractivity contribution is -0.332. The van der Waals surface area contributed by atoms with Gasteiger partial charge in [-0.3, -0.25) is 4.79 Å². The molecule has 7 N–H and O–H groups in total. The van der Waals surface area contributed by atoms with Crippen molar-refractivity contribution in [2.24, 2.45) is 0 Å². The summed E-state index contributed by atoms with van der Waals surface area (Å²) in [6.07, 6.45) is 57.9. The van der Waals surface area contributed by atoms with E-state index in [-0.39, 0.29) is 19.6 Å². The van der Waals surface area contributed by atoms with Crippen LogP contribution >= 0.6 is 0 Å². The van der Waals surface area contributed by atoms with Gasteiger partial charge in [-0.1, -0.05) is 199 Å². The Balaban J connectivity index is 1.72. The molecule has 11 unspecified atom stereocenters. The van der Waals surface area contributed by atoms with E-state index < -0.39 is 86.7 Å². The number of hydrogen-bond acceptors (Lipinski definition) is 14. The zero-order valence-corrected chi connectivity index (χ0v) is 49.5. The van der Waals surface area contributed by atoms with E-state index >= 15 is 0 Å². The monoisotopic (exact) mass is 1140 g/mol. The van der Waals surface area contributed by atoms with Crippen molar-refractivity contribution in [2.75, 3.05) is 33.0 Å². The van der Waals surface area contributed by atoms with Crippen LogP contribution in [0.25, 0.3) is 0 Å². The summed E-state index contributed by atoms with van der Waals surface area (Å²) in [5.74, 6) is -0.402. The summed E-state index contributed by atoms with van der Waals surface area (Å²) < 4.78 is 34.4. The van der Waals surface area contributed by atoms with Gasteiger partial charge < -0.3 is 64.2 Å². The molecule has 2 fully saturated rings. The predicted molar refractivity (Wildman–Crippen MR) is 325 cm³/mol. The smallest absolute Gasteiger partial charge is 0.306 e. The summed E-state index contributed by atoms with van der Waals surface area (Å²) >= 11 is 0. The van der Waals surface area contributed by atoms with E-state index in [4.69, 9.17) is 28.4 Å². The van der Waals surface area contributed by atoms with Crippen LogP contribution in [0.2, 0.25) is 0 Å². The van der Waals surface area contributed by atoms with E-state index in [9.17, 15) is 40.5 Å². The minimum absolute atomic E-state index is 0.0351. The highest BCUT2D eigenvalue weighted by atomic mass is 16.7. The number of unbranched alkanes of at least 4 members (excludes halogenated alkanes) is 12. The summed E-state index contributed by atoms with van der Waals surface area (Å²) in [4.78, 5) is 13.1. The maximum atomic E-state index is 13.1. The van der Waals surface area contributed by atoms with Crippen molar-refractivity contribution in [3.8, 4) is 0 Å². The maximum Gasteiger partial charge on any atom is 0.306 e. The highest BCUT2D eigenvalue weighted by Crippen LogP contribution is 2.26. The summed E-state index contributed by atoms with van der Waals surface area (Å²) in [5.41, 5.74) is 0. The Morgan fingerprint density at radius 2 is 0.765 bits per heavy atom. The van der Waals surface area contributed by atoms with Gasteiger partial charge in [0.1, 0.15) is 54.9 Å². The quantitative estimate of drug-likeness (QED) is 0.0172. The number of rotatable bonds is 48. The molecule has 0 spiro atoms. The average molecular weight is 1140 g/mol. The molecule has 2 heterocycles. The van der Waals surface area contributed by atoms with Gasteiger partial charge in [-0.15, -0.1) is 0 Å². The predicted octanol–water partition coefficient (Wildman–Crippen LogP) is 11.9. The van der Waals surface area contributed by atoms with Gasteiger partial charge >= 0.3 is 5.97 Å². The largest absolute Gasteiger partial charge is 0.457 e. The van der Waals surface area contributed by atoms with Crippen molar-refractivity contribution in [3.05, 3.63) is 134 Å². The van der Waals surface area contributed by atoms with Gasteiger partial charge in [-0.25, -0.2) is 0 Å². The first-order valence-corrected chi connectivity index (χ1v) is 30.8. The standard InChI is InChI=1S/C67H108O14/c1-3-5-7-9-11-13-15-17-19-21-23-25-27-28-29-30-32-34-36-38-40-42-44-46-48-50-59(69)79-56(53-76-51-49-47-45-43-41-39-37-35-33-31-26-24-22-20-18-16-14-12-10-8-6-4-2)54-77-66-65(75)63(73)61(71)58(81-66)55-78-67-64(74)62(72)60(70)57(52-68)80-67/h5-8,11-14,17-20,23-26,28-29,32-35,56-58,60-68,70-75H,3-4,9-10,15-16,21-22,27,30-31,36-55H2,1-2H3/b7-5-,8-6-,13-11-,14-12-,19-17-,20-18-,25-23-,26-24-,29-28-,34-32-,35-33-. The first kappa shape index (κ1) is 73.2. The molecule has 0 aromatic heterocycles. The maximum absolute atomic E-state index is 13.1. The van der Waals surface area contributed by atoms with Gasteiger partial charge in [0.2, 0.25) is 0 Å². The Kier molecular flexibility index (Phi) is 46.8. The molecule has 0 bridgehead atoms. The molecule has 11 atom stereocenters. The fraction of sp³-hybridized carbons (Fsp3) is 0.657. The van der Waals surface area contributed by atoms with E-state index in [2.05, 4.69) is 148 Å². The minimum atomic E-state index is -1.72. The third-order valence-corrected chi connectivity index (χ3v) is 13.7. The summed E-state index contributed by atoms with van der Waals surface area (Å²) in [7, 11) is 0. The first-order chi connectivity index (χ1) is 39.6. The first-order valence-electron chi connectivity index (χ1n) is 30.8. The number of hydrogen-bond donors (Lipinski definition) is 7. The van der Waals surface area contributed by atoms with Gasteiger partial charge in [0.15, 0.2) is 12.6 Å². The van der Waals surface area contributed by atoms with Crippen molar-refractivity contribution >= 4 is 5.97 Å². The van der Waals surface area contributed by atoms with Crippen LogP contribution in [0.4, 0.5) is 0 Å². The van der Waals surface area contributed by atoms with E-state index in [1.54, 1.807) is 0 Å². The molecule has 14 heteroatoms. The molecule has 0 amide bonds. The van der Waals surface area contributed by atoms with Crippen LogP contribution < -0.4 is 0 Å². The molecule has 460 valence electrons. The van der Waals surface area contributed by atoms with Crippen LogP contribution in [0.1, 0.15) is 181 Å². The lowest BCUT2D eigenvalue weighted by Gasteiger charge is -2.42. The molecule has 0 saturated carbocycles. The van der Waals surface area contributed by atoms with E-state index in [0.717, 1.165) is 154 Å². The molecule has 0 radical (unpaired) electrons. The number of allylic oxidation sites excluding steroid dienone is 22. The third-order valence-electron chi connectivity index (χ3n) is 13.7.